The van der Waals surface area contributed by atoms with Crippen LogP contribution in [0.3, 0.4) is 0 Å². The third-order valence-corrected chi connectivity index (χ3v) is 3.21. The molecular weight excluding hydrogens is 262 g/mol. The average Bonchev–Trinajstić information content (AvgIpc) is 2.60. The summed E-state index contributed by atoms with van der Waals surface area (Å²) < 4.78 is 7.58. The molecule has 0 amide bonds. The SMILES string of the molecule is C=C(C)COCCn1c(C)cc(C(=O)C(C)Cl)c1C. The van der Waals surface area contributed by atoms with Crippen LogP contribution in [0.4, 0.5) is 0 Å². The maximum absolute atomic E-state index is 12.0. The Morgan fingerprint density at radius 3 is 2.68 bits per heavy atom. The highest BCUT2D eigenvalue weighted by atomic mass is 35.5. The number of rotatable bonds is 7. The standard InChI is InChI=1S/C15H22ClNO2/c1-10(2)9-19-7-6-17-11(3)8-14(13(17)5)15(18)12(4)16/h8,12H,1,6-7,9H2,2-5H3. The van der Waals surface area contributed by atoms with E-state index >= 15 is 0 Å². The number of ketones is 1. The van der Waals surface area contributed by atoms with Gasteiger partial charge in [-0.1, -0.05) is 12.2 Å². The van der Waals surface area contributed by atoms with E-state index in [1.54, 1.807) is 6.92 Å². The Balaban J connectivity index is 2.74. The number of aromatic nitrogens is 1. The van der Waals surface area contributed by atoms with Crippen LogP contribution < -0.4 is 0 Å². The second kappa shape index (κ2) is 6.92. The van der Waals surface area contributed by atoms with E-state index in [1.807, 2.05) is 26.8 Å². The largest absolute Gasteiger partial charge is 0.375 e. The minimum absolute atomic E-state index is 0.0242. The van der Waals surface area contributed by atoms with Crippen LogP contribution in [0.1, 0.15) is 35.6 Å². The third kappa shape index (κ3) is 4.22. The van der Waals surface area contributed by atoms with Crippen LogP contribution in [0.25, 0.3) is 0 Å². The second-order valence-electron chi connectivity index (χ2n) is 4.93. The molecule has 19 heavy (non-hydrogen) atoms. The van der Waals surface area contributed by atoms with Gasteiger partial charge in [-0.3, -0.25) is 4.79 Å². The van der Waals surface area contributed by atoms with E-state index in [0.29, 0.717) is 18.8 Å². The first-order chi connectivity index (χ1) is 8.84. The van der Waals surface area contributed by atoms with Crippen molar-refractivity contribution in [3.63, 3.8) is 0 Å². The maximum Gasteiger partial charge on any atom is 0.182 e. The van der Waals surface area contributed by atoms with Crippen LogP contribution in [0, 0.1) is 13.8 Å². The van der Waals surface area contributed by atoms with Crippen molar-refractivity contribution in [3.8, 4) is 0 Å². The van der Waals surface area contributed by atoms with E-state index in [1.165, 1.54) is 0 Å². The van der Waals surface area contributed by atoms with Crippen LogP contribution in [-0.4, -0.2) is 28.9 Å². The monoisotopic (exact) mass is 283 g/mol. The Bertz CT molecular complexity index is 475. The molecule has 0 aromatic carbocycles. The highest BCUT2D eigenvalue weighted by molar-refractivity contribution is 6.33. The Morgan fingerprint density at radius 1 is 1.53 bits per heavy atom. The van der Waals surface area contributed by atoms with E-state index in [0.717, 1.165) is 23.5 Å². The fourth-order valence-electron chi connectivity index (χ4n) is 2.01. The molecule has 1 atom stereocenters. The fraction of sp³-hybridized carbons (Fsp3) is 0.533. The number of alkyl halides is 1. The molecule has 0 fully saturated rings. The van der Waals surface area contributed by atoms with Gasteiger partial charge in [0.25, 0.3) is 0 Å². The lowest BCUT2D eigenvalue weighted by Crippen LogP contribution is -2.13. The fourth-order valence-corrected chi connectivity index (χ4v) is 2.13. The van der Waals surface area contributed by atoms with Gasteiger partial charge in [-0.05, 0) is 33.8 Å². The number of nitrogens with zero attached hydrogens (tertiary/aromatic N) is 1. The molecule has 0 aliphatic rings. The van der Waals surface area contributed by atoms with Gasteiger partial charge in [0.1, 0.15) is 0 Å². The lowest BCUT2D eigenvalue weighted by molar-refractivity contribution is 0.0990. The van der Waals surface area contributed by atoms with Gasteiger partial charge in [-0.25, -0.2) is 0 Å². The first-order valence-corrected chi connectivity index (χ1v) is 6.85. The number of carbonyl (C=O) groups excluding carboxylic acids is 1. The number of halogens is 1. The summed E-state index contributed by atoms with van der Waals surface area (Å²) in [6, 6.07) is 1.90. The van der Waals surface area contributed by atoms with Crippen molar-refractivity contribution < 1.29 is 9.53 Å². The zero-order valence-electron chi connectivity index (χ0n) is 12.1. The predicted molar refractivity (Wildman–Crippen MR) is 79.2 cm³/mol. The molecule has 0 saturated heterocycles. The molecule has 3 nitrogen and oxygen atoms in total. The van der Waals surface area contributed by atoms with Crippen LogP contribution in [-0.2, 0) is 11.3 Å². The number of hydrogen-bond acceptors (Lipinski definition) is 2. The van der Waals surface area contributed by atoms with Crippen molar-refractivity contribution in [3.05, 3.63) is 35.2 Å². The smallest absolute Gasteiger partial charge is 0.182 e. The van der Waals surface area contributed by atoms with Gasteiger partial charge in [0.05, 0.1) is 18.6 Å². The third-order valence-electron chi connectivity index (χ3n) is 3.01. The summed E-state index contributed by atoms with van der Waals surface area (Å²) in [5, 5.41) is -0.492. The van der Waals surface area contributed by atoms with E-state index in [2.05, 4.69) is 11.1 Å². The van der Waals surface area contributed by atoms with Crippen LogP contribution in [0.5, 0.6) is 0 Å². The Hall–Kier alpha value is -1.06. The Morgan fingerprint density at radius 2 is 2.16 bits per heavy atom. The quantitative estimate of drug-likeness (QED) is 0.332. The van der Waals surface area contributed by atoms with Crippen molar-refractivity contribution in [2.45, 2.75) is 39.6 Å². The van der Waals surface area contributed by atoms with E-state index < -0.39 is 5.38 Å². The lowest BCUT2D eigenvalue weighted by atomic mass is 10.1. The van der Waals surface area contributed by atoms with Gasteiger partial charge in [0, 0.05) is 23.5 Å². The molecule has 0 radical (unpaired) electrons. The predicted octanol–water partition coefficient (Wildman–Crippen LogP) is 3.51. The molecular formula is C15H22ClNO2. The number of Topliss-reactive ketones (excluding diaryl/α,β-unsaturated/α-hetero) is 1. The van der Waals surface area contributed by atoms with Crippen molar-refractivity contribution in [2.24, 2.45) is 0 Å². The summed E-state index contributed by atoms with van der Waals surface area (Å²) in [6.45, 7) is 13.3. The summed E-state index contributed by atoms with van der Waals surface area (Å²) in [4.78, 5) is 12.0. The first kappa shape index (κ1) is 16.0. The molecule has 0 aliphatic carbocycles. The summed E-state index contributed by atoms with van der Waals surface area (Å²) in [7, 11) is 0. The highest BCUT2D eigenvalue weighted by Crippen LogP contribution is 2.18. The molecule has 0 saturated carbocycles. The molecule has 1 rings (SSSR count). The van der Waals surface area contributed by atoms with Gasteiger partial charge in [-0.2, -0.15) is 0 Å². The van der Waals surface area contributed by atoms with Gasteiger partial charge in [0.15, 0.2) is 5.78 Å². The van der Waals surface area contributed by atoms with Crippen LogP contribution in [0.15, 0.2) is 18.2 Å². The number of aryl methyl sites for hydroxylation is 1. The second-order valence-corrected chi connectivity index (χ2v) is 5.58. The van der Waals surface area contributed by atoms with Gasteiger partial charge in [-0.15, -0.1) is 11.6 Å². The Kier molecular flexibility index (Phi) is 5.83. The topological polar surface area (TPSA) is 31.2 Å². The molecule has 106 valence electrons. The average molecular weight is 284 g/mol. The van der Waals surface area contributed by atoms with Crippen molar-refractivity contribution >= 4 is 17.4 Å². The lowest BCUT2D eigenvalue weighted by Gasteiger charge is -2.10. The van der Waals surface area contributed by atoms with Gasteiger partial charge >= 0.3 is 0 Å². The molecule has 1 heterocycles. The van der Waals surface area contributed by atoms with E-state index in [-0.39, 0.29) is 5.78 Å². The van der Waals surface area contributed by atoms with Crippen molar-refractivity contribution in [1.82, 2.24) is 4.57 Å². The summed E-state index contributed by atoms with van der Waals surface area (Å²) in [5.41, 5.74) is 3.72. The maximum atomic E-state index is 12.0. The van der Waals surface area contributed by atoms with Gasteiger partial charge < -0.3 is 9.30 Å². The minimum atomic E-state index is -0.492. The molecule has 0 spiro atoms. The van der Waals surface area contributed by atoms with Crippen molar-refractivity contribution in [2.75, 3.05) is 13.2 Å². The molecule has 4 heteroatoms. The molecule has 0 N–H and O–H groups in total. The summed E-state index contributed by atoms with van der Waals surface area (Å²) >= 11 is 5.86. The zero-order chi connectivity index (χ0) is 14.6. The normalized spacial score (nSPS) is 12.5. The number of carbonyl (C=O) groups is 1. The van der Waals surface area contributed by atoms with Crippen LogP contribution >= 0.6 is 11.6 Å². The van der Waals surface area contributed by atoms with E-state index in [4.69, 9.17) is 16.3 Å². The van der Waals surface area contributed by atoms with Crippen LogP contribution in [0.2, 0.25) is 0 Å². The minimum Gasteiger partial charge on any atom is -0.375 e. The molecule has 1 aromatic heterocycles. The summed E-state index contributed by atoms with van der Waals surface area (Å²) in [5.74, 6) is -0.0242. The number of hydrogen-bond donors (Lipinski definition) is 0. The molecule has 1 unspecified atom stereocenters. The zero-order valence-corrected chi connectivity index (χ0v) is 12.9. The highest BCUT2D eigenvalue weighted by Gasteiger charge is 2.19. The van der Waals surface area contributed by atoms with Gasteiger partial charge in [0.2, 0.25) is 0 Å². The molecule has 0 aliphatic heterocycles. The van der Waals surface area contributed by atoms with E-state index in [9.17, 15) is 4.79 Å². The molecule has 0 bridgehead atoms. The Labute approximate surface area is 120 Å². The number of ether oxygens (including phenoxy) is 1. The summed E-state index contributed by atoms with van der Waals surface area (Å²) in [6.07, 6.45) is 0. The first-order valence-electron chi connectivity index (χ1n) is 6.41. The van der Waals surface area contributed by atoms with Crippen molar-refractivity contribution in [1.29, 1.82) is 0 Å². The molecule has 1 aromatic rings.